The number of aromatic nitrogens is 3. The Bertz CT molecular complexity index is 356. The summed E-state index contributed by atoms with van der Waals surface area (Å²) in [6, 6.07) is 0. The molecule has 1 aromatic heterocycles. The SMILES string of the molecule is Cn1cnc(CNC(=O)[C@H]2CCCNC2)n1. The first kappa shape index (κ1) is 11.1. The van der Waals surface area contributed by atoms with E-state index < -0.39 is 0 Å². The van der Waals surface area contributed by atoms with Gasteiger partial charge in [-0.05, 0) is 19.4 Å². The highest BCUT2D eigenvalue weighted by atomic mass is 16.1. The quantitative estimate of drug-likeness (QED) is 0.720. The van der Waals surface area contributed by atoms with E-state index in [0.717, 1.165) is 25.9 Å². The molecule has 88 valence electrons. The zero-order chi connectivity index (χ0) is 11.4. The molecule has 0 unspecified atom stereocenters. The molecule has 1 amide bonds. The van der Waals surface area contributed by atoms with Crippen LogP contribution in [0.2, 0.25) is 0 Å². The van der Waals surface area contributed by atoms with E-state index in [2.05, 4.69) is 20.7 Å². The molecule has 6 nitrogen and oxygen atoms in total. The zero-order valence-electron chi connectivity index (χ0n) is 9.44. The molecule has 0 saturated carbocycles. The second kappa shape index (κ2) is 5.07. The summed E-state index contributed by atoms with van der Waals surface area (Å²) in [5.74, 6) is 0.844. The van der Waals surface area contributed by atoms with Crippen LogP contribution < -0.4 is 10.6 Å². The molecule has 2 heterocycles. The van der Waals surface area contributed by atoms with Crippen LogP contribution in [0.3, 0.4) is 0 Å². The average molecular weight is 223 g/mol. The number of carbonyl (C=O) groups is 1. The average Bonchev–Trinajstić information content (AvgIpc) is 2.73. The van der Waals surface area contributed by atoms with Gasteiger partial charge in [0, 0.05) is 13.6 Å². The lowest BCUT2D eigenvalue weighted by molar-refractivity contribution is -0.125. The highest BCUT2D eigenvalue weighted by Crippen LogP contribution is 2.09. The van der Waals surface area contributed by atoms with Gasteiger partial charge in [-0.2, -0.15) is 5.10 Å². The van der Waals surface area contributed by atoms with E-state index in [9.17, 15) is 4.79 Å². The number of rotatable bonds is 3. The maximum absolute atomic E-state index is 11.8. The fourth-order valence-corrected chi connectivity index (χ4v) is 1.85. The Hall–Kier alpha value is -1.43. The fraction of sp³-hybridized carbons (Fsp3) is 0.700. The molecule has 6 heteroatoms. The third kappa shape index (κ3) is 2.79. The number of nitrogens with one attached hydrogen (secondary N) is 2. The molecule has 0 bridgehead atoms. The Morgan fingerprint density at radius 2 is 2.62 bits per heavy atom. The van der Waals surface area contributed by atoms with Crippen LogP contribution in [0.4, 0.5) is 0 Å². The second-order valence-corrected chi connectivity index (χ2v) is 4.10. The molecule has 0 aromatic carbocycles. The topological polar surface area (TPSA) is 71.8 Å². The van der Waals surface area contributed by atoms with E-state index in [1.54, 1.807) is 11.0 Å². The summed E-state index contributed by atoms with van der Waals surface area (Å²) in [6.07, 6.45) is 3.66. The van der Waals surface area contributed by atoms with E-state index in [1.165, 1.54) is 0 Å². The van der Waals surface area contributed by atoms with Crippen molar-refractivity contribution in [2.45, 2.75) is 19.4 Å². The van der Waals surface area contributed by atoms with E-state index in [1.807, 2.05) is 7.05 Å². The van der Waals surface area contributed by atoms with Crippen molar-refractivity contribution in [1.82, 2.24) is 25.4 Å². The fourth-order valence-electron chi connectivity index (χ4n) is 1.85. The Balaban J connectivity index is 1.78. The molecule has 1 saturated heterocycles. The van der Waals surface area contributed by atoms with Gasteiger partial charge in [-0.15, -0.1) is 0 Å². The molecular weight excluding hydrogens is 206 g/mol. The first-order chi connectivity index (χ1) is 7.75. The molecule has 1 atom stereocenters. The second-order valence-electron chi connectivity index (χ2n) is 4.10. The lowest BCUT2D eigenvalue weighted by Gasteiger charge is -2.21. The van der Waals surface area contributed by atoms with Crippen molar-refractivity contribution >= 4 is 5.91 Å². The van der Waals surface area contributed by atoms with E-state index in [4.69, 9.17) is 0 Å². The number of hydrogen-bond acceptors (Lipinski definition) is 4. The number of amides is 1. The summed E-state index contributed by atoms with van der Waals surface area (Å²) in [6.45, 7) is 2.21. The van der Waals surface area contributed by atoms with Gasteiger partial charge in [-0.1, -0.05) is 0 Å². The number of hydrogen-bond donors (Lipinski definition) is 2. The van der Waals surface area contributed by atoms with Crippen molar-refractivity contribution in [3.8, 4) is 0 Å². The van der Waals surface area contributed by atoms with Crippen molar-refractivity contribution in [2.75, 3.05) is 13.1 Å². The van der Waals surface area contributed by atoms with Crippen LogP contribution in [0.15, 0.2) is 6.33 Å². The summed E-state index contributed by atoms with van der Waals surface area (Å²) < 4.78 is 1.63. The largest absolute Gasteiger partial charge is 0.348 e. The molecule has 0 spiro atoms. The monoisotopic (exact) mass is 223 g/mol. The van der Waals surface area contributed by atoms with Crippen LogP contribution in [-0.4, -0.2) is 33.8 Å². The maximum atomic E-state index is 11.8. The number of aryl methyl sites for hydroxylation is 1. The molecule has 1 aliphatic heterocycles. The van der Waals surface area contributed by atoms with Gasteiger partial charge in [-0.3, -0.25) is 9.48 Å². The molecule has 1 fully saturated rings. The van der Waals surface area contributed by atoms with E-state index in [0.29, 0.717) is 12.4 Å². The van der Waals surface area contributed by atoms with Crippen molar-refractivity contribution in [3.05, 3.63) is 12.2 Å². The van der Waals surface area contributed by atoms with E-state index >= 15 is 0 Å². The molecule has 2 N–H and O–H groups in total. The van der Waals surface area contributed by atoms with Gasteiger partial charge in [-0.25, -0.2) is 4.98 Å². The summed E-state index contributed by atoms with van der Waals surface area (Å²) in [5, 5.41) is 10.2. The van der Waals surface area contributed by atoms with Gasteiger partial charge >= 0.3 is 0 Å². The maximum Gasteiger partial charge on any atom is 0.224 e. The molecule has 0 aliphatic carbocycles. The summed E-state index contributed by atoms with van der Waals surface area (Å²) in [4.78, 5) is 15.8. The minimum absolute atomic E-state index is 0.0949. The highest BCUT2D eigenvalue weighted by molar-refractivity contribution is 5.78. The van der Waals surface area contributed by atoms with Crippen LogP contribution in [0.25, 0.3) is 0 Å². The molecule has 2 rings (SSSR count). The van der Waals surface area contributed by atoms with Crippen LogP contribution in [0.5, 0.6) is 0 Å². The Morgan fingerprint density at radius 3 is 3.25 bits per heavy atom. The molecule has 1 aliphatic rings. The predicted octanol–water partition coefficient (Wildman–Crippen LogP) is -0.569. The third-order valence-corrected chi connectivity index (χ3v) is 2.74. The first-order valence-electron chi connectivity index (χ1n) is 5.58. The summed E-state index contributed by atoms with van der Waals surface area (Å²) in [5.41, 5.74) is 0. The minimum Gasteiger partial charge on any atom is -0.348 e. The Morgan fingerprint density at radius 1 is 1.75 bits per heavy atom. The van der Waals surface area contributed by atoms with E-state index in [-0.39, 0.29) is 11.8 Å². The van der Waals surface area contributed by atoms with Gasteiger partial charge in [0.25, 0.3) is 0 Å². The molecule has 1 aromatic rings. The third-order valence-electron chi connectivity index (χ3n) is 2.74. The van der Waals surface area contributed by atoms with Gasteiger partial charge in [0.05, 0.1) is 12.5 Å². The van der Waals surface area contributed by atoms with Crippen LogP contribution in [0, 0.1) is 5.92 Å². The van der Waals surface area contributed by atoms with Crippen molar-refractivity contribution in [1.29, 1.82) is 0 Å². The van der Waals surface area contributed by atoms with Gasteiger partial charge < -0.3 is 10.6 Å². The van der Waals surface area contributed by atoms with Crippen LogP contribution in [0.1, 0.15) is 18.7 Å². The lowest BCUT2D eigenvalue weighted by atomic mass is 9.99. The Kier molecular flexibility index (Phi) is 3.51. The molecule has 16 heavy (non-hydrogen) atoms. The molecule has 0 radical (unpaired) electrons. The minimum atomic E-state index is 0.0949. The number of carbonyl (C=O) groups excluding carboxylic acids is 1. The smallest absolute Gasteiger partial charge is 0.224 e. The Labute approximate surface area is 94.4 Å². The summed E-state index contributed by atoms with van der Waals surface area (Å²) >= 11 is 0. The summed E-state index contributed by atoms with van der Waals surface area (Å²) in [7, 11) is 1.81. The van der Waals surface area contributed by atoms with Crippen molar-refractivity contribution in [3.63, 3.8) is 0 Å². The number of nitrogens with zero attached hydrogens (tertiary/aromatic N) is 3. The van der Waals surface area contributed by atoms with Crippen molar-refractivity contribution in [2.24, 2.45) is 13.0 Å². The highest BCUT2D eigenvalue weighted by Gasteiger charge is 2.20. The predicted molar refractivity (Wildman–Crippen MR) is 58.4 cm³/mol. The lowest BCUT2D eigenvalue weighted by Crippen LogP contribution is -2.40. The zero-order valence-corrected chi connectivity index (χ0v) is 9.44. The van der Waals surface area contributed by atoms with Crippen LogP contribution >= 0.6 is 0 Å². The van der Waals surface area contributed by atoms with Crippen LogP contribution in [-0.2, 0) is 18.4 Å². The van der Waals surface area contributed by atoms with Gasteiger partial charge in [0.2, 0.25) is 5.91 Å². The number of piperidine rings is 1. The van der Waals surface area contributed by atoms with Crippen molar-refractivity contribution < 1.29 is 4.79 Å². The standard InChI is InChI=1S/C10H17N5O/c1-15-7-13-9(14-15)6-12-10(16)8-3-2-4-11-5-8/h7-8,11H,2-6H2,1H3,(H,12,16)/t8-/m0/s1. The first-order valence-corrected chi connectivity index (χ1v) is 5.58. The molecular formula is C10H17N5O. The van der Waals surface area contributed by atoms with Gasteiger partial charge in [0.1, 0.15) is 6.33 Å². The normalized spacial score (nSPS) is 20.7. The van der Waals surface area contributed by atoms with Gasteiger partial charge in [0.15, 0.2) is 5.82 Å².